The quantitative estimate of drug-likeness (QED) is 0.245. The molecular weight excluding hydrogens is 636 g/mol. The van der Waals surface area contributed by atoms with E-state index in [0.29, 0.717) is 21.3 Å². The molecular formula is C31H21BrN4O4S2. The van der Waals surface area contributed by atoms with E-state index in [4.69, 9.17) is 0 Å². The van der Waals surface area contributed by atoms with Crippen LogP contribution >= 0.6 is 39.0 Å². The van der Waals surface area contributed by atoms with Gasteiger partial charge in [-0.3, -0.25) is 28.7 Å². The summed E-state index contributed by atoms with van der Waals surface area (Å²) in [4.78, 5) is 60.1. The van der Waals surface area contributed by atoms with Crippen LogP contribution in [0.5, 0.6) is 0 Å². The van der Waals surface area contributed by atoms with Gasteiger partial charge in [-0.1, -0.05) is 75.4 Å². The summed E-state index contributed by atoms with van der Waals surface area (Å²) in [6.07, 6.45) is 3.31. The topological polar surface area (TPSA) is 101 Å². The maximum absolute atomic E-state index is 13.9. The van der Waals surface area contributed by atoms with Crippen LogP contribution in [0.25, 0.3) is 10.8 Å². The summed E-state index contributed by atoms with van der Waals surface area (Å²) in [5.74, 6) is -2.30. The van der Waals surface area contributed by atoms with Crippen molar-refractivity contribution in [3.63, 3.8) is 0 Å². The first-order chi connectivity index (χ1) is 20.4. The predicted molar refractivity (Wildman–Crippen MR) is 167 cm³/mol. The molecule has 42 heavy (non-hydrogen) atoms. The second-order valence-corrected chi connectivity index (χ2v) is 13.1. The molecule has 0 saturated carbocycles. The van der Waals surface area contributed by atoms with Crippen molar-refractivity contribution in [2.75, 3.05) is 10.2 Å². The zero-order chi connectivity index (χ0) is 29.0. The SMILES string of the molecule is O=C(Cn1c2c(sc1=O)C(c1cccnc1)C1C(=O)N(c3ccc(Br)cc3)C(=O)C1S2)Nc1ccc2ccccc2c1. The number of carbonyl (C=O) groups is 3. The molecule has 0 bridgehead atoms. The minimum Gasteiger partial charge on any atom is -0.325 e. The third-order valence-electron chi connectivity index (χ3n) is 7.51. The minimum atomic E-state index is -0.761. The third kappa shape index (κ3) is 4.57. The Morgan fingerprint density at radius 1 is 0.929 bits per heavy atom. The van der Waals surface area contributed by atoms with Gasteiger partial charge < -0.3 is 5.32 Å². The first-order valence-corrected chi connectivity index (χ1v) is 15.6. The van der Waals surface area contributed by atoms with Crippen molar-refractivity contribution in [3.05, 3.63) is 116 Å². The average Bonchev–Trinajstić information content (AvgIpc) is 3.44. The maximum Gasteiger partial charge on any atom is 0.308 e. The lowest BCUT2D eigenvalue weighted by molar-refractivity contribution is -0.122. The minimum absolute atomic E-state index is 0.222. The molecule has 1 fully saturated rings. The zero-order valence-electron chi connectivity index (χ0n) is 21.8. The van der Waals surface area contributed by atoms with E-state index in [9.17, 15) is 19.2 Å². The van der Waals surface area contributed by atoms with Gasteiger partial charge in [0.25, 0.3) is 0 Å². The number of hydrogen-bond donors (Lipinski definition) is 1. The number of rotatable bonds is 5. The standard InChI is InChI=1S/C31H21BrN4O4S2/c32-20-8-11-22(12-9-20)36-28(38)25-24(19-6-3-13-33-15-19)27-30(41-26(25)29(36)39)35(31(40)42-27)16-23(37)34-21-10-7-17-4-1-2-5-18(17)14-21/h1-15,24-26H,16H2,(H,34,37). The van der Waals surface area contributed by atoms with E-state index in [1.54, 1.807) is 42.7 Å². The fourth-order valence-electron chi connectivity index (χ4n) is 5.63. The average molecular weight is 658 g/mol. The number of pyridine rings is 1. The number of aromatic nitrogens is 2. The summed E-state index contributed by atoms with van der Waals surface area (Å²) >= 11 is 5.60. The van der Waals surface area contributed by atoms with Crippen LogP contribution in [0.1, 0.15) is 16.4 Å². The lowest BCUT2D eigenvalue weighted by Gasteiger charge is -2.30. The van der Waals surface area contributed by atoms with Gasteiger partial charge in [-0.05, 0) is 58.8 Å². The predicted octanol–water partition coefficient (Wildman–Crippen LogP) is 5.66. The number of benzene rings is 3. The molecule has 2 aromatic heterocycles. The fourth-order valence-corrected chi connectivity index (χ4v) is 8.67. The Morgan fingerprint density at radius 2 is 1.71 bits per heavy atom. The second-order valence-electron chi connectivity index (χ2n) is 10.1. The molecule has 1 N–H and O–H groups in total. The number of carbonyl (C=O) groups excluding carboxylic acids is 3. The van der Waals surface area contributed by atoms with Crippen molar-refractivity contribution < 1.29 is 14.4 Å². The number of halogens is 1. The van der Waals surface area contributed by atoms with Gasteiger partial charge in [0.2, 0.25) is 17.7 Å². The monoisotopic (exact) mass is 656 g/mol. The summed E-state index contributed by atoms with van der Waals surface area (Å²) in [5.41, 5.74) is 1.85. The number of imide groups is 1. The van der Waals surface area contributed by atoms with Crippen molar-refractivity contribution in [1.29, 1.82) is 0 Å². The van der Waals surface area contributed by atoms with Crippen molar-refractivity contribution >= 4 is 78.9 Å². The van der Waals surface area contributed by atoms with Gasteiger partial charge in [0, 0.05) is 33.3 Å². The molecule has 0 radical (unpaired) electrons. The molecule has 4 heterocycles. The Hall–Kier alpha value is -4.06. The molecule has 3 aromatic carbocycles. The van der Waals surface area contributed by atoms with Gasteiger partial charge >= 0.3 is 4.87 Å². The molecule has 5 aromatic rings. The van der Waals surface area contributed by atoms with Gasteiger partial charge in [-0.25, -0.2) is 4.90 Å². The van der Waals surface area contributed by atoms with Crippen molar-refractivity contribution in [3.8, 4) is 0 Å². The summed E-state index contributed by atoms with van der Waals surface area (Å²) in [6, 6.07) is 24.1. The van der Waals surface area contributed by atoms with E-state index in [1.807, 2.05) is 48.5 Å². The van der Waals surface area contributed by atoms with Crippen LogP contribution in [-0.2, 0) is 20.9 Å². The summed E-state index contributed by atoms with van der Waals surface area (Å²) in [5, 5.41) is 4.71. The molecule has 2 aliphatic rings. The van der Waals surface area contributed by atoms with E-state index in [-0.39, 0.29) is 29.1 Å². The first-order valence-electron chi connectivity index (χ1n) is 13.1. The Bertz CT molecular complexity index is 1940. The summed E-state index contributed by atoms with van der Waals surface area (Å²) < 4.78 is 2.25. The Morgan fingerprint density at radius 3 is 2.48 bits per heavy atom. The third-order valence-corrected chi connectivity index (χ3v) is 10.6. The lowest BCUT2D eigenvalue weighted by Crippen LogP contribution is -2.33. The number of nitrogens with zero attached hydrogens (tertiary/aromatic N) is 3. The first kappa shape index (κ1) is 26.8. The van der Waals surface area contributed by atoms with E-state index in [2.05, 4.69) is 26.2 Å². The molecule has 0 aliphatic carbocycles. The smallest absolute Gasteiger partial charge is 0.308 e. The Balaban J connectivity index is 1.25. The highest BCUT2D eigenvalue weighted by atomic mass is 79.9. The largest absolute Gasteiger partial charge is 0.325 e. The van der Waals surface area contributed by atoms with E-state index >= 15 is 0 Å². The summed E-state index contributed by atoms with van der Waals surface area (Å²) in [7, 11) is 0. The Labute approximate surface area is 256 Å². The highest BCUT2D eigenvalue weighted by molar-refractivity contribution is 9.10. The number of nitrogens with one attached hydrogen (secondary N) is 1. The van der Waals surface area contributed by atoms with Crippen molar-refractivity contribution in [2.24, 2.45) is 5.92 Å². The highest BCUT2D eigenvalue weighted by Gasteiger charge is 2.56. The van der Waals surface area contributed by atoms with Crippen LogP contribution in [0.3, 0.4) is 0 Å². The molecule has 3 unspecified atom stereocenters. The van der Waals surface area contributed by atoms with Crippen LogP contribution in [0.2, 0.25) is 0 Å². The van der Waals surface area contributed by atoms with Crippen molar-refractivity contribution in [2.45, 2.75) is 22.7 Å². The Kier molecular flexibility index (Phi) is 6.80. The molecule has 1 saturated heterocycles. The van der Waals surface area contributed by atoms with E-state index in [1.165, 1.54) is 21.2 Å². The van der Waals surface area contributed by atoms with Gasteiger partial charge in [0.05, 0.1) is 16.6 Å². The van der Waals surface area contributed by atoms with Crippen LogP contribution in [0.4, 0.5) is 11.4 Å². The molecule has 7 rings (SSSR count). The molecule has 8 nitrogen and oxygen atoms in total. The molecule has 0 spiro atoms. The molecule has 3 amide bonds. The number of thioether (sulfide) groups is 1. The molecule has 3 atom stereocenters. The van der Waals surface area contributed by atoms with E-state index in [0.717, 1.165) is 32.1 Å². The van der Waals surface area contributed by atoms with Gasteiger partial charge in [-0.15, -0.1) is 0 Å². The molecule has 11 heteroatoms. The second kappa shape index (κ2) is 10.6. The van der Waals surface area contributed by atoms with Gasteiger partial charge in [0.1, 0.15) is 11.8 Å². The number of anilines is 2. The molecule has 208 valence electrons. The number of fused-ring (bicyclic) bond motifs is 3. The molecule has 2 aliphatic heterocycles. The normalized spacial score (nSPS) is 19.5. The number of amides is 3. The van der Waals surface area contributed by atoms with Crippen LogP contribution < -0.4 is 15.1 Å². The van der Waals surface area contributed by atoms with E-state index < -0.39 is 17.1 Å². The van der Waals surface area contributed by atoms with Gasteiger partial charge in [-0.2, -0.15) is 0 Å². The van der Waals surface area contributed by atoms with Gasteiger partial charge in [0.15, 0.2) is 0 Å². The highest BCUT2D eigenvalue weighted by Crippen LogP contribution is 2.53. The number of thiazole rings is 1. The van der Waals surface area contributed by atoms with Crippen LogP contribution in [0, 0.1) is 5.92 Å². The van der Waals surface area contributed by atoms with Crippen LogP contribution in [-0.4, -0.2) is 32.5 Å². The maximum atomic E-state index is 13.9. The van der Waals surface area contributed by atoms with Crippen molar-refractivity contribution in [1.82, 2.24) is 9.55 Å². The fraction of sp³-hybridized carbons (Fsp3) is 0.129. The summed E-state index contributed by atoms with van der Waals surface area (Å²) in [6.45, 7) is -0.222. The zero-order valence-corrected chi connectivity index (χ0v) is 25.0. The number of hydrogen-bond acceptors (Lipinski definition) is 7. The lowest BCUT2D eigenvalue weighted by atomic mass is 9.84. The van der Waals surface area contributed by atoms with Crippen LogP contribution in [0.15, 0.2) is 106 Å².